The number of aliphatic hydroxyl groups is 3. The summed E-state index contributed by atoms with van der Waals surface area (Å²) in [7, 11) is -11.4. The number of amides is 2. The first-order valence-electron chi connectivity index (χ1n) is 60.9. The van der Waals surface area contributed by atoms with Gasteiger partial charge in [-0.3, -0.25) is 37.8 Å². The summed E-state index contributed by atoms with van der Waals surface area (Å²) in [5.41, 5.74) is 0. The number of hydrogen-bond acceptors (Lipinski definition) is 21. The van der Waals surface area contributed by atoms with Crippen LogP contribution in [0, 0.1) is 0 Å². The van der Waals surface area contributed by atoms with Crippen LogP contribution in [-0.4, -0.2) is 176 Å². The summed E-state index contributed by atoms with van der Waals surface area (Å²) < 4.78 is 88.6. The van der Waals surface area contributed by atoms with E-state index >= 15 is 9.59 Å². The maximum atomic E-state index is 15.4. The van der Waals surface area contributed by atoms with Gasteiger partial charge in [-0.15, -0.1) is 0 Å². The molecule has 0 saturated carbocycles. The summed E-state index contributed by atoms with van der Waals surface area (Å²) in [6.45, 7) is 13.7. The van der Waals surface area contributed by atoms with Crippen molar-refractivity contribution in [3.05, 3.63) is 12.2 Å². The molecule has 2 aliphatic rings. The molecule has 0 bridgehead atoms. The lowest BCUT2D eigenvalue weighted by Crippen LogP contribution is -2.68. The largest absolute Gasteiger partial charge is 0.472 e. The number of carbonyl (C=O) groups excluding carboxylic acids is 6. The van der Waals surface area contributed by atoms with Crippen LogP contribution in [0.4, 0.5) is 0 Å². The maximum absolute atomic E-state index is 15.4. The van der Waals surface area contributed by atoms with E-state index in [9.17, 15) is 63.2 Å². The molecular weight excluding hydrogens is 1900 g/mol. The minimum absolute atomic E-state index is 0.0943. The second-order valence-electron chi connectivity index (χ2n) is 43.1. The normalized spacial score (nSPS) is 19.1. The van der Waals surface area contributed by atoms with Crippen molar-refractivity contribution in [3.8, 4) is 0 Å². The molecule has 860 valence electrons. The molecule has 2 rings (SSSR count). The fourth-order valence-electron chi connectivity index (χ4n) is 20.2. The zero-order valence-corrected chi connectivity index (χ0v) is 95.6. The molecule has 0 aromatic carbocycles. The van der Waals surface area contributed by atoms with Crippen molar-refractivity contribution in [2.45, 2.75) is 680 Å². The van der Waals surface area contributed by atoms with Crippen molar-refractivity contribution < 1.29 is 120 Å². The zero-order valence-electron chi connectivity index (χ0n) is 93.8. The lowest BCUT2D eigenvalue weighted by molar-refractivity contribution is -0.297. The second-order valence-corrected chi connectivity index (χ2v) is 45.5. The first-order chi connectivity index (χ1) is 70.8. The molecule has 2 amide bonds. The Morgan fingerprint density at radius 3 is 0.966 bits per heavy atom. The van der Waals surface area contributed by atoms with Crippen molar-refractivity contribution in [3.63, 3.8) is 0 Å². The first-order valence-corrected chi connectivity index (χ1v) is 63.9. The number of allylic oxidation sites excluding steroid dienone is 2. The molecule has 2 heterocycles. The van der Waals surface area contributed by atoms with Crippen LogP contribution in [0.15, 0.2) is 12.2 Å². The fourth-order valence-corrected chi connectivity index (χ4v) is 21.2. The van der Waals surface area contributed by atoms with Crippen molar-refractivity contribution >= 4 is 51.3 Å². The van der Waals surface area contributed by atoms with Gasteiger partial charge in [0.05, 0.1) is 51.1 Å². The highest BCUT2D eigenvalue weighted by atomic mass is 31.2. The van der Waals surface area contributed by atoms with E-state index in [0.717, 1.165) is 283 Å². The molecule has 14 atom stereocenters. The molecule has 0 aliphatic carbocycles. The Balaban J connectivity index is 2.90. The Hall–Kier alpha value is -3.50. The highest BCUT2D eigenvalue weighted by Crippen LogP contribution is 2.45. The van der Waals surface area contributed by atoms with E-state index in [4.69, 9.17) is 46.9 Å². The van der Waals surface area contributed by atoms with Crippen LogP contribution in [0.25, 0.3) is 0 Å². The van der Waals surface area contributed by atoms with E-state index in [1.807, 2.05) is 0 Å². The average molecular weight is 2120 g/mol. The standard InChI is InChI=1S/C117H222N2O25P2/c1-8-15-22-29-36-43-46-49-52-55-62-69-76-83-90-107(125)138-101(88-81-74-67-60-42-35-28-21-14-7)95-109(127)142-115-111(119-104(122)93-99(86-79-72-65-58-40-33-26-19-12-5)135-91-84-77-70-63-56-53-50-47-44-37-30-23-16-9-2)116(139-102(96-120)113(115)143-145(129,130)131)136-97-103-112(128)114(141-108(126)92-98(121)85-78-71-64-57-39-32-25-18-11-4)110(117(140-103)144-146(132,133)134)118-105(123)94-100(87-80-73-66-59-41-34-27-20-13-6)137-106(124)89-82-75-68-61-54-51-48-45-38-31-24-17-10-3/h44,47,98-103,110-117,120-121,128H,8-43,45-46,48-97H2,1-7H3,(H,118,123)(H,119,122)(H2,129,130,131)(H2,132,133,134)/b47-44-/t98?,99?,100?,101?,102?,103?,110?,111?,112-,113-,114-,115-,116-,117?/m1/s1. The van der Waals surface area contributed by atoms with Crippen LogP contribution in [0.1, 0.15) is 594 Å². The van der Waals surface area contributed by atoms with E-state index < -0.39 is 170 Å². The van der Waals surface area contributed by atoms with Crippen molar-refractivity contribution in [1.29, 1.82) is 0 Å². The fraction of sp³-hybridized carbons (Fsp3) is 0.932. The maximum Gasteiger partial charge on any atom is 0.472 e. The van der Waals surface area contributed by atoms with Crippen molar-refractivity contribution in [2.75, 3.05) is 19.8 Å². The van der Waals surface area contributed by atoms with E-state index in [2.05, 4.69) is 71.3 Å². The van der Waals surface area contributed by atoms with Gasteiger partial charge < -0.3 is 83.4 Å². The number of phosphoric acid groups is 2. The number of esters is 4. The lowest BCUT2D eigenvalue weighted by Gasteiger charge is -2.47. The Morgan fingerprint density at radius 2 is 0.603 bits per heavy atom. The van der Waals surface area contributed by atoms with E-state index in [1.165, 1.54) is 161 Å². The minimum atomic E-state index is -5.73. The van der Waals surface area contributed by atoms with E-state index in [-0.39, 0.29) is 38.5 Å². The third kappa shape index (κ3) is 79.5. The molecule has 0 radical (unpaired) electrons. The van der Waals surface area contributed by atoms with Gasteiger partial charge in [0.25, 0.3) is 0 Å². The third-order valence-corrected chi connectivity index (χ3v) is 30.1. The van der Waals surface area contributed by atoms with Gasteiger partial charge >= 0.3 is 39.5 Å². The van der Waals surface area contributed by atoms with Gasteiger partial charge in [-0.2, -0.15) is 0 Å². The SMILES string of the molecule is CCCCCC/C=C\CCCCCCCCOC(CCCCCCCCCCC)CC(=O)NC1[C@H](OCC2OC(OP(=O)(O)O)C(NC(=O)CC(CCCCCCCCCCC)OC(=O)CCCCCCCCCCCCCCC)[C@@H](OC(=O)CC(O)CCCCCCCCCCC)[C@@H]2O)OC(CO)[C@@H](OP(=O)(O)O)[C@@H]1OC(=O)CC(CCCCCCCCCCC)OC(=O)CCCCCCCCCCCCCCCC. The Labute approximate surface area is 888 Å². The molecule has 0 spiro atoms. The van der Waals surface area contributed by atoms with Gasteiger partial charge in [0.2, 0.25) is 11.8 Å². The summed E-state index contributed by atoms with van der Waals surface area (Å²) >= 11 is 0. The summed E-state index contributed by atoms with van der Waals surface area (Å²) in [5.74, 6) is -4.73. The molecule has 2 fully saturated rings. The molecule has 29 heteroatoms. The topological polar surface area (TPSA) is 395 Å². The van der Waals surface area contributed by atoms with Gasteiger partial charge in [0.15, 0.2) is 24.8 Å². The number of rotatable bonds is 106. The van der Waals surface area contributed by atoms with E-state index in [0.29, 0.717) is 51.6 Å². The Morgan fingerprint density at radius 1 is 0.315 bits per heavy atom. The molecule has 0 aromatic rings. The number of hydrogen-bond donors (Lipinski definition) is 9. The van der Waals surface area contributed by atoms with Crippen LogP contribution in [-0.2, 0) is 84.8 Å². The molecule has 146 heavy (non-hydrogen) atoms. The highest BCUT2D eigenvalue weighted by Gasteiger charge is 2.55. The van der Waals surface area contributed by atoms with Crippen molar-refractivity contribution in [2.24, 2.45) is 0 Å². The van der Waals surface area contributed by atoms with Crippen LogP contribution >= 0.6 is 15.6 Å². The monoisotopic (exact) mass is 2120 g/mol. The molecule has 2 aliphatic heterocycles. The van der Waals surface area contributed by atoms with Crippen molar-refractivity contribution in [1.82, 2.24) is 10.6 Å². The van der Waals surface area contributed by atoms with Crippen LogP contribution < -0.4 is 10.6 Å². The number of carbonyl (C=O) groups is 6. The Bertz CT molecular complexity index is 3190. The number of phosphoric ester groups is 2. The summed E-state index contributed by atoms with van der Waals surface area (Å²) in [5, 5.41) is 41.4. The summed E-state index contributed by atoms with van der Waals surface area (Å²) in [4.78, 5) is 131. The molecule has 0 aromatic heterocycles. The molecule has 9 N–H and O–H groups in total. The lowest BCUT2D eigenvalue weighted by atomic mass is 9.95. The molecule has 9 unspecified atom stereocenters. The van der Waals surface area contributed by atoms with Gasteiger partial charge in [-0.25, -0.2) is 9.13 Å². The van der Waals surface area contributed by atoms with Crippen LogP contribution in [0.5, 0.6) is 0 Å². The second kappa shape index (κ2) is 96.1. The number of nitrogens with one attached hydrogen (secondary N) is 2. The number of aliphatic hydroxyl groups excluding tert-OH is 3. The third-order valence-electron chi connectivity index (χ3n) is 29.1. The first kappa shape index (κ1) is 139. The van der Waals surface area contributed by atoms with E-state index in [1.54, 1.807) is 0 Å². The summed E-state index contributed by atoms with van der Waals surface area (Å²) in [6.07, 6.45) is 63.2. The minimum Gasteiger partial charge on any atom is -0.462 e. The quantitative estimate of drug-likeness (QED) is 0.00898. The van der Waals surface area contributed by atoms with Gasteiger partial charge in [0.1, 0.15) is 48.7 Å². The van der Waals surface area contributed by atoms with Gasteiger partial charge in [0, 0.05) is 19.4 Å². The average Bonchev–Trinajstić information content (AvgIpc) is 0.773. The summed E-state index contributed by atoms with van der Waals surface area (Å²) in [6, 6.07) is -3.81. The van der Waals surface area contributed by atoms with Gasteiger partial charge in [-0.1, -0.05) is 484 Å². The molecule has 27 nitrogen and oxygen atoms in total. The van der Waals surface area contributed by atoms with Crippen LogP contribution in [0.3, 0.4) is 0 Å². The molecular formula is C117H222N2O25P2. The molecule has 2 saturated heterocycles. The van der Waals surface area contributed by atoms with Crippen LogP contribution in [0.2, 0.25) is 0 Å². The zero-order chi connectivity index (χ0) is 107. The number of unbranched alkanes of at least 4 members (excludes halogenated alkanes) is 67. The predicted molar refractivity (Wildman–Crippen MR) is 587 cm³/mol. The van der Waals surface area contributed by atoms with Gasteiger partial charge in [-0.05, 0) is 83.5 Å². The predicted octanol–water partition coefficient (Wildman–Crippen LogP) is 29.6. The Kier molecular flexibility index (Phi) is 91.2. The smallest absolute Gasteiger partial charge is 0.462 e. The number of ether oxygens (including phenoxy) is 8. The highest BCUT2D eigenvalue weighted by molar-refractivity contribution is 7.46.